The maximum atomic E-state index is 11.8. The van der Waals surface area contributed by atoms with Gasteiger partial charge in [-0.2, -0.15) is 13.2 Å². The number of nitrogen functional groups attached to an aromatic ring is 1. The molecule has 0 amide bonds. The Kier molecular flexibility index (Phi) is 5.34. The number of nitrogens with zero attached hydrogens (tertiary/aromatic N) is 2. The minimum atomic E-state index is -4.30. The molecule has 19 heavy (non-hydrogen) atoms. The monoisotopic (exact) mass is 278 g/mol. The van der Waals surface area contributed by atoms with Gasteiger partial charge in [0.2, 0.25) is 0 Å². The number of hydrogen-bond donors (Lipinski definition) is 2. The maximum Gasteiger partial charge on any atom is 0.411 e. The molecule has 0 aliphatic carbocycles. The Morgan fingerprint density at radius 1 is 1.37 bits per heavy atom. The van der Waals surface area contributed by atoms with Gasteiger partial charge in [-0.25, -0.2) is 9.97 Å². The highest BCUT2D eigenvalue weighted by Gasteiger charge is 2.27. The summed E-state index contributed by atoms with van der Waals surface area (Å²) in [5.41, 5.74) is 6.49. The van der Waals surface area contributed by atoms with E-state index >= 15 is 0 Å². The average Bonchev–Trinajstić information content (AvgIpc) is 2.26. The van der Waals surface area contributed by atoms with Gasteiger partial charge in [0.05, 0.1) is 6.61 Å². The summed E-state index contributed by atoms with van der Waals surface area (Å²) in [6, 6.07) is 0. The molecular weight excluding hydrogens is 261 g/mol. The molecule has 0 fully saturated rings. The minimum Gasteiger partial charge on any atom is -0.383 e. The average molecular weight is 278 g/mol. The number of rotatable bonds is 6. The fraction of sp³-hybridized carbons (Fsp3) is 0.636. The van der Waals surface area contributed by atoms with E-state index in [1.807, 2.05) is 13.8 Å². The highest BCUT2D eigenvalue weighted by atomic mass is 19.4. The summed E-state index contributed by atoms with van der Waals surface area (Å²) in [6.07, 6.45) is -3.00. The van der Waals surface area contributed by atoms with Gasteiger partial charge in [0.1, 0.15) is 24.6 Å². The van der Waals surface area contributed by atoms with Crippen LogP contribution < -0.4 is 11.1 Å². The van der Waals surface area contributed by atoms with Crippen LogP contribution in [-0.4, -0.2) is 35.9 Å². The predicted octanol–water partition coefficient (Wildman–Crippen LogP) is 2.17. The molecule has 3 N–H and O–H groups in total. The Bertz CT molecular complexity index is 409. The third-order valence-electron chi connectivity index (χ3n) is 2.30. The Morgan fingerprint density at radius 3 is 2.63 bits per heavy atom. The van der Waals surface area contributed by atoms with Gasteiger partial charge in [0.25, 0.3) is 0 Å². The van der Waals surface area contributed by atoms with Gasteiger partial charge in [-0.1, -0.05) is 13.8 Å². The van der Waals surface area contributed by atoms with Crippen molar-refractivity contribution >= 4 is 11.6 Å². The number of ether oxygens (including phenoxy) is 1. The van der Waals surface area contributed by atoms with E-state index in [1.165, 1.54) is 6.33 Å². The molecule has 0 unspecified atom stereocenters. The molecule has 0 aliphatic rings. The molecule has 0 spiro atoms. The maximum absolute atomic E-state index is 11.8. The molecule has 0 saturated carbocycles. The van der Waals surface area contributed by atoms with Crippen molar-refractivity contribution in [3.05, 3.63) is 11.9 Å². The van der Waals surface area contributed by atoms with Gasteiger partial charge in [0.15, 0.2) is 0 Å². The number of aromatic nitrogens is 2. The summed E-state index contributed by atoms with van der Waals surface area (Å²) in [4.78, 5) is 7.91. The lowest BCUT2D eigenvalue weighted by Gasteiger charge is -2.15. The van der Waals surface area contributed by atoms with Crippen LogP contribution in [0.1, 0.15) is 25.3 Å². The lowest BCUT2D eigenvalue weighted by molar-refractivity contribution is -0.172. The highest BCUT2D eigenvalue weighted by molar-refractivity contribution is 5.56. The summed E-state index contributed by atoms with van der Waals surface area (Å²) in [5, 5.41) is 2.90. The largest absolute Gasteiger partial charge is 0.411 e. The third-order valence-corrected chi connectivity index (χ3v) is 2.30. The van der Waals surface area contributed by atoms with Crippen LogP contribution in [0.15, 0.2) is 6.33 Å². The summed E-state index contributed by atoms with van der Waals surface area (Å²) in [5.74, 6) is 1.00. The fourth-order valence-electron chi connectivity index (χ4n) is 1.55. The van der Waals surface area contributed by atoms with E-state index in [9.17, 15) is 13.2 Å². The first-order chi connectivity index (χ1) is 8.81. The Balaban J connectivity index is 2.48. The van der Waals surface area contributed by atoms with Crippen molar-refractivity contribution in [3.8, 4) is 0 Å². The zero-order valence-electron chi connectivity index (χ0n) is 10.8. The highest BCUT2D eigenvalue weighted by Crippen LogP contribution is 2.25. The summed E-state index contributed by atoms with van der Waals surface area (Å²) < 4.78 is 40.0. The molecule has 0 saturated heterocycles. The molecule has 0 aromatic carbocycles. The van der Waals surface area contributed by atoms with Gasteiger partial charge in [-0.05, 0) is 5.92 Å². The standard InChI is InChI=1S/C11H17F3N4O/c1-7(2)8-9(15)17-6-18-10(8)16-3-4-19-5-11(12,13)14/h6-7H,3-5H2,1-2H3,(H3,15,16,17,18). The van der Waals surface area contributed by atoms with Crippen LogP contribution in [0.2, 0.25) is 0 Å². The van der Waals surface area contributed by atoms with Crippen molar-refractivity contribution in [2.45, 2.75) is 25.9 Å². The van der Waals surface area contributed by atoms with E-state index in [4.69, 9.17) is 5.73 Å². The Morgan fingerprint density at radius 2 is 2.05 bits per heavy atom. The van der Waals surface area contributed by atoms with E-state index in [0.29, 0.717) is 11.6 Å². The first kappa shape index (κ1) is 15.5. The zero-order valence-corrected chi connectivity index (χ0v) is 10.8. The van der Waals surface area contributed by atoms with E-state index in [1.54, 1.807) is 0 Å². The van der Waals surface area contributed by atoms with Crippen molar-refractivity contribution in [2.75, 3.05) is 30.8 Å². The SMILES string of the molecule is CC(C)c1c(N)ncnc1NCCOCC(F)(F)F. The van der Waals surface area contributed by atoms with Crippen LogP contribution in [-0.2, 0) is 4.74 Å². The second-order valence-corrected chi connectivity index (χ2v) is 4.27. The molecular formula is C11H17F3N4O. The Labute approximate surface area is 109 Å². The molecule has 108 valence electrons. The smallest absolute Gasteiger partial charge is 0.383 e. The van der Waals surface area contributed by atoms with E-state index in [2.05, 4.69) is 20.0 Å². The molecule has 0 bridgehead atoms. The molecule has 1 aromatic rings. The van der Waals surface area contributed by atoms with Crippen LogP contribution in [0.25, 0.3) is 0 Å². The molecule has 8 heteroatoms. The summed E-state index contributed by atoms with van der Waals surface area (Å²) >= 11 is 0. The topological polar surface area (TPSA) is 73.1 Å². The quantitative estimate of drug-likeness (QED) is 0.780. The summed E-state index contributed by atoms with van der Waals surface area (Å²) in [7, 11) is 0. The fourth-order valence-corrected chi connectivity index (χ4v) is 1.55. The van der Waals surface area contributed by atoms with Crippen molar-refractivity contribution < 1.29 is 17.9 Å². The van der Waals surface area contributed by atoms with Gasteiger partial charge < -0.3 is 15.8 Å². The van der Waals surface area contributed by atoms with E-state index in [-0.39, 0.29) is 19.1 Å². The van der Waals surface area contributed by atoms with Crippen LogP contribution in [0.5, 0.6) is 0 Å². The van der Waals surface area contributed by atoms with Crippen LogP contribution in [0, 0.1) is 0 Å². The minimum absolute atomic E-state index is 0.0685. The van der Waals surface area contributed by atoms with Crippen molar-refractivity contribution in [1.82, 2.24) is 9.97 Å². The number of alkyl halides is 3. The van der Waals surface area contributed by atoms with Gasteiger partial charge in [0, 0.05) is 12.1 Å². The zero-order chi connectivity index (χ0) is 14.5. The predicted molar refractivity (Wildman–Crippen MR) is 65.9 cm³/mol. The van der Waals surface area contributed by atoms with Crippen LogP contribution >= 0.6 is 0 Å². The van der Waals surface area contributed by atoms with Crippen molar-refractivity contribution in [3.63, 3.8) is 0 Å². The molecule has 0 atom stereocenters. The molecule has 0 aliphatic heterocycles. The number of anilines is 2. The van der Waals surface area contributed by atoms with Crippen molar-refractivity contribution in [1.29, 1.82) is 0 Å². The molecule has 1 aromatic heterocycles. The van der Waals surface area contributed by atoms with Crippen LogP contribution in [0.4, 0.5) is 24.8 Å². The second kappa shape index (κ2) is 6.55. The molecule has 1 heterocycles. The lowest BCUT2D eigenvalue weighted by Crippen LogP contribution is -2.20. The van der Waals surface area contributed by atoms with Gasteiger partial charge in [-0.15, -0.1) is 0 Å². The number of nitrogens with two attached hydrogens (primary N) is 1. The van der Waals surface area contributed by atoms with E-state index in [0.717, 1.165) is 5.56 Å². The van der Waals surface area contributed by atoms with Gasteiger partial charge >= 0.3 is 6.18 Å². The molecule has 1 rings (SSSR count). The third kappa shape index (κ3) is 5.29. The van der Waals surface area contributed by atoms with Crippen LogP contribution in [0.3, 0.4) is 0 Å². The second-order valence-electron chi connectivity index (χ2n) is 4.27. The van der Waals surface area contributed by atoms with Gasteiger partial charge in [-0.3, -0.25) is 0 Å². The molecule has 5 nitrogen and oxygen atoms in total. The molecule has 0 radical (unpaired) electrons. The summed E-state index contributed by atoms with van der Waals surface area (Å²) in [6.45, 7) is 2.76. The van der Waals surface area contributed by atoms with Crippen molar-refractivity contribution in [2.24, 2.45) is 0 Å². The number of halogens is 3. The first-order valence-corrected chi connectivity index (χ1v) is 5.80. The lowest BCUT2D eigenvalue weighted by atomic mass is 10.0. The Hall–Kier alpha value is -1.57. The number of nitrogens with one attached hydrogen (secondary N) is 1. The normalized spacial score (nSPS) is 11.9. The number of hydrogen-bond acceptors (Lipinski definition) is 5. The first-order valence-electron chi connectivity index (χ1n) is 5.80. The van der Waals surface area contributed by atoms with E-state index < -0.39 is 12.8 Å².